The standard InChI is InChI=1S/C8H8Cl2O2/c1-2-12-8-4-5(9)7(11)3-6(8)10/h3-4,11H,2H2,1H3. The third kappa shape index (κ3) is 1.96. The third-order valence-corrected chi connectivity index (χ3v) is 1.90. The molecule has 66 valence electrons. The van der Waals surface area contributed by atoms with Crippen molar-refractivity contribution in [2.45, 2.75) is 6.92 Å². The molecule has 0 saturated heterocycles. The Kier molecular flexibility index (Phi) is 3.06. The molecule has 0 bridgehead atoms. The van der Waals surface area contributed by atoms with Crippen LogP contribution in [0.1, 0.15) is 6.92 Å². The largest absolute Gasteiger partial charge is 0.506 e. The number of phenolic OH excluding ortho intramolecular Hbond substituents is 1. The summed E-state index contributed by atoms with van der Waals surface area (Å²) in [7, 11) is 0. The third-order valence-electron chi connectivity index (χ3n) is 1.30. The fourth-order valence-corrected chi connectivity index (χ4v) is 1.15. The Morgan fingerprint density at radius 3 is 2.58 bits per heavy atom. The monoisotopic (exact) mass is 206 g/mol. The van der Waals surface area contributed by atoms with Crippen LogP contribution >= 0.6 is 23.2 Å². The van der Waals surface area contributed by atoms with E-state index >= 15 is 0 Å². The van der Waals surface area contributed by atoms with Gasteiger partial charge in [0.05, 0.1) is 16.7 Å². The molecule has 0 amide bonds. The number of benzene rings is 1. The molecule has 0 heterocycles. The van der Waals surface area contributed by atoms with Crippen molar-refractivity contribution in [1.29, 1.82) is 0 Å². The summed E-state index contributed by atoms with van der Waals surface area (Å²) in [5.74, 6) is 0.451. The zero-order valence-corrected chi connectivity index (χ0v) is 7.99. The van der Waals surface area contributed by atoms with Crippen molar-refractivity contribution in [3.8, 4) is 11.5 Å². The molecule has 1 rings (SSSR count). The zero-order chi connectivity index (χ0) is 9.14. The molecule has 0 radical (unpaired) electrons. The van der Waals surface area contributed by atoms with Crippen LogP contribution in [0.4, 0.5) is 0 Å². The molecule has 1 N–H and O–H groups in total. The Bertz CT molecular complexity index is 287. The molecule has 0 aliphatic heterocycles. The van der Waals surface area contributed by atoms with E-state index in [4.69, 9.17) is 33.0 Å². The Balaban J connectivity index is 3.05. The van der Waals surface area contributed by atoms with Gasteiger partial charge < -0.3 is 9.84 Å². The van der Waals surface area contributed by atoms with Gasteiger partial charge in [-0.3, -0.25) is 0 Å². The van der Waals surface area contributed by atoms with Gasteiger partial charge in [-0.1, -0.05) is 23.2 Å². The number of phenols is 1. The molecule has 0 atom stereocenters. The summed E-state index contributed by atoms with van der Waals surface area (Å²) < 4.78 is 5.14. The van der Waals surface area contributed by atoms with Gasteiger partial charge in [0.15, 0.2) is 0 Å². The van der Waals surface area contributed by atoms with E-state index in [-0.39, 0.29) is 10.8 Å². The highest BCUT2D eigenvalue weighted by molar-refractivity contribution is 6.35. The van der Waals surface area contributed by atoms with Crippen LogP contribution in [0.5, 0.6) is 11.5 Å². The maximum atomic E-state index is 9.12. The van der Waals surface area contributed by atoms with Gasteiger partial charge in [-0.2, -0.15) is 0 Å². The minimum absolute atomic E-state index is 0.0369. The van der Waals surface area contributed by atoms with Crippen LogP contribution in [0.3, 0.4) is 0 Å². The zero-order valence-electron chi connectivity index (χ0n) is 6.47. The average molecular weight is 207 g/mol. The van der Waals surface area contributed by atoms with Crippen molar-refractivity contribution in [2.75, 3.05) is 6.61 Å². The molecule has 1 aromatic carbocycles. The molecule has 4 heteroatoms. The Labute approximate surface area is 80.7 Å². The van der Waals surface area contributed by atoms with Crippen LogP contribution in [-0.2, 0) is 0 Å². The smallest absolute Gasteiger partial charge is 0.139 e. The van der Waals surface area contributed by atoms with E-state index in [1.807, 2.05) is 6.92 Å². The summed E-state index contributed by atoms with van der Waals surface area (Å²) in [6.45, 7) is 2.36. The number of ether oxygens (including phenoxy) is 1. The fourth-order valence-electron chi connectivity index (χ4n) is 0.784. The molecular weight excluding hydrogens is 199 g/mol. The second-order valence-corrected chi connectivity index (χ2v) is 2.98. The quantitative estimate of drug-likeness (QED) is 0.807. The minimum atomic E-state index is -0.0369. The molecule has 0 saturated carbocycles. The highest BCUT2D eigenvalue weighted by atomic mass is 35.5. The average Bonchev–Trinajstić information content (AvgIpc) is 2.01. The molecule has 0 unspecified atom stereocenters. The van der Waals surface area contributed by atoms with Gasteiger partial charge in [-0.05, 0) is 6.92 Å². The van der Waals surface area contributed by atoms with Crippen LogP contribution in [-0.4, -0.2) is 11.7 Å². The van der Waals surface area contributed by atoms with Gasteiger partial charge in [0, 0.05) is 12.1 Å². The van der Waals surface area contributed by atoms with Gasteiger partial charge in [-0.15, -0.1) is 0 Å². The number of halogens is 2. The fraction of sp³-hybridized carbons (Fsp3) is 0.250. The summed E-state index contributed by atoms with van der Waals surface area (Å²) in [6.07, 6.45) is 0. The van der Waals surface area contributed by atoms with Crippen molar-refractivity contribution < 1.29 is 9.84 Å². The van der Waals surface area contributed by atoms with Crippen molar-refractivity contribution in [3.63, 3.8) is 0 Å². The van der Waals surface area contributed by atoms with E-state index in [0.29, 0.717) is 17.4 Å². The van der Waals surface area contributed by atoms with Gasteiger partial charge in [-0.25, -0.2) is 0 Å². The first-order valence-corrected chi connectivity index (χ1v) is 4.21. The number of rotatable bonds is 2. The van der Waals surface area contributed by atoms with Gasteiger partial charge in [0.2, 0.25) is 0 Å². The lowest BCUT2D eigenvalue weighted by atomic mass is 10.3. The molecule has 0 aliphatic carbocycles. The van der Waals surface area contributed by atoms with Gasteiger partial charge >= 0.3 is 0 Å². The van der Waals surface area contributed by atoms with E-state index in [9.17, 15) is 0 Å². The molecule has 0 aromatic heterocycles. The second kappa shape index (κ2) is 3.87. The Morgan fingerprint density at radius 1 is 1.33 bits per heavy atom. The van der Waals surface area contributed by atoms with E-state index in [1.165, 1.54) is 12.1 Å². The van der Waals surface area contributed by atoms with Crippen LogP contribution < -0.4 is 4.74 Å². The summed E-state index contributed by atoms with van der Waals surface area (Å²) in [5.41, 5.74) is 0. The van der Waals surface area contributed by atoms with Crippen LogP contribution in [0.25, 0.3) is 0 Å². The molecule has 2 nitrogen and oxygen atoms in total. The first kappa shape index (κ1) is 9.49. The lowest BCUT2D eigenvalue weighted by Gasteiger charge is -2.06. The first-order valence-electron chi connectivity index (χ1n) is 3.46. The van der Waals surface area contributed by atoms with Crippen molar-refractivity contribution >= 4 is 23.2 Å². The topological polar surface area (TPSA) is 29.5 Å². The maximum absolute atomic E-state index is 9.12. The summed E-state index contributed by atoms with van der Waals surface area (Å²) in [5, 5.41) is 9.72. The Hall–Kier alpha value is -0.600. The first-order chi connectivity index (χ1) is 5.65. The molecule has 0 spiro atoms. The molecular formula is C8H8Cl2O2. The number of hydrogen-bond acceptors (Lipinski definition) is 2. The summed E-state index contributed by atoms with van der Waals surface area (Å²) in [6, 6.07) is 2.84. The highest BCUT2D eigenvalue weighted by Gasteiger charge is 2.06. The van der Waals surface area contributed by atoms with Crippen LogP contribution in [0.15, 0.2) is 12.1 Å². The van der Waals surface area contributed by atoms with E-state index in [0.717, 1.165) is 0 Å². The minimum Gasteiger partial charge on any atom is -0.506 e. The molecule has 12 heavy (non-hydrogen) atoms. The van der Waals surface area contributed by atoms with E-state index in [1.54, 1.807) is 0 Å². The van der Waals surface area contributed by atoms with Gasteiger partial charge in [0.25, 0.3) is 0 Å². The van der Waals surface area contributed by atoms with Crippen molar-refractivity contribution in [3.05, 3.63) is 22.2 Å². The molecule has 0 aliphatic rings. The number of aromatic hydroxyl groups is 1. The maximum Gasteiger partial charge on any atom is 0.139 e. The van der Waals surface area contributed by atoms with E-state index < -0.39 is 0 Å². The Morgan fingerprint density at radius 2 is 2.00 bits per heavy atom. The second-order valence-electron chi connectivity index (χ2n) is 2.17. The van der Waals surface area contributed by atoms with Crippen molar-refractivity contribution in [2.24, 2.45) is 0 Å². The SMILES string of the molecule is CCOc1cc(Cl)c(O)cc1Cl. The predicted molar refractivity (Wildman–Crippen MR) is 49.3 cm³/mol. The normalized spacial score (nSPS) is 9.92. The van der Waals surface area contributed by atoms with E-state index in [2.05, 4.69) is 0 Å². The van der Waals surface area contributed by atoms with Crippen LogP contribution in [0, 0.1) is 0 Å². The van der Waals surface area contributed by atoms with Crippen molar-refractivity contribution in [1.82, 2.24) is 0 Å². The highest BCUT2D eigenvalue weighted by Crippen LogP contribution is 2.34. The molecule has 1 aromatic rings. The van der Waals surface area contributed by atoms with Gasteiger partial charge in [0.1, 0.15) is 11.5 Å². The summed E-state index contributed by atoms with van der Waals surface area (Å²) >= 11 is 11.4. The summed E-state index contributed by atoms with van der Waals surface area (Å²) in [4.78, 5) is 0. The van der Waals surface area contributed by atoms with Crippen LogP contribution in [0.2, 0.25) is 10.0 Å². The lowest BCUT2D eigenvalue weighted by molar-refractivity contribution is 0.339. The number of hydrogen-bond donors (Lipinski definition) is 1. The predicted octanol–water partition coefficient (Wildman–Crippen LogP) is 3.10. The molecule has 0 fully saturated rings. The lowest BCUT2D eigenvalue weighted by Crippen LogP contribution is -1.91.